The molecule has 1 saturated carbocycles. The second-order valence-corrected chi connectivity index (χ2v) is 5.34. The molecule has 0 radical (unpaired) electrons. The van der Waals surface area contributed by atoms with Crippen LogP contribution in [0.1, 0.15) is 49.3 Å². The number of aryl methyl sites for hydroxylation is 1. The highest BCUT2D eigenvalue weighted by Gasteiger charge is 2.21. The predicted octanol–water partition coefficient (Wildman–Crippen LogP) is 4.65. The van der Waals surface area contributed by atoms with Crippen molar-refractivity contribution in [2.45, 2.75) is 45.1 Å². The van der Waals surface area contributed by atoms with Crippen molar-refractivity contribution >= 4 is 24.0 Å². The normalized spacial score (nSPS) is 18.5. The van der Waals surface area contributed by atoms with Crippen LogP contribution in [0.3, 0.4) is 0 Å². The Kier molecular flexibility index (Phi) is 5.78. The van der Waals surface area contributed by atoms with Gasteiger partial charge in [0.1, 0.15) is 0 Å². The first-order valence-electron chi connectivity index (χ1n) is 6.20. The van der Waals surface area contributed by atoms with E-state index in [0.29, 0.717) is 5.92 Å². The predicted molar refractivity (Wildman–Crippen MR) is 76.9 cm³/mol. The first-order valence-corrected chi connectivity index (χ1v) is 6.58. The molecule has 0 unspecified atom stereocenters. The van der Waals surface area contributed by atoms with Gasteiger partial charge in [0, 0.05) is 11.1 Å². The summed E-state index contributed by atoms with van der Waals surface area (Å²) in [5.41, 5.74) is 8.65. The van der Waals surface area contributed by atoms with Gasteiger partial charge in [-0.3, -0.25) is 0 Å². The number of benzene rings is 1. The Morgan fingerprint density at radius 1 is 1.24 bits per heavy atom. The molecule has 1 fully saturated rings. The van der Waals surface area contributed by atoms with E-state index < -0.39 is 0 Å². The van der Waals surface area contributed by atoms with Gasteiger partial charge >= 0.3 is 0 Å². The van der Waals surface area contributed by atoms with Gasteiger partial charge in [-0.15, -0.1) is 12.4 Å². The van der Waals surface area contributed by atoms with E-state index in [1.54, 1.807) is 0 Å². The molecule has 3 heteroatoms. The lowest BCUT2D eigenvalue weighted by Crippen LogP contribution is -2.23. The number of hydrogen-bond acceptors (Lipinski definition) is 1. The molecular weight excluding hydrogens is 253 g/mol. The van der Waals surface area contributed by atoms with Crippen molar-refractivity contribution < 1.29 is 0 Å². The van der Waals surface area contributed by atoms with E-state index in [1.807, 2.05) is 13.0 Å². The van der Waals surface area contributed by atoms with Crippen molar-refractivity contribution in [3.63, 3.8) is 0 Å². The number of halogens is 2. The zero-order valence-electron chi connectivity index (χ0n) is 10.3. The minimum atomic E-state index is 0. The largest absolute Gasteiger partial charge is 0.324 e. The lowest BCUT2D eigenvalue weighted by atomic mass is 9.81. The summed E-state index contributed by atoms with van der Waals surface area (Å²) in [6, 6.07) is 6.40. The van der Waals surface area contributed by atoms with Crippen LogP contribution in [-0.2, 0) is 0 Å². The Labute approximate surface area is 115 Å². The third kappa shape index (κ3) is 3.61. The molecule has 1 atom stereocenters. The van der Waals surface area contributed by atoms with Crippen molar-refractivity contribution in [3.05, 3.63) is 34.3 Å². The van der Waals surface area contributed by atoms with E-state index >= 15 is 0 Å². The summed E-state index contributed by atoms with van der Waals surface area (Å²) in [7, 11) is 0. The fourth-order valence-corrected chi connectivity index (χ4v) is 2.77. The highest BCUT2D eigenvalue weighted by molar-refractivity contribution is 6.31. The maximum atomic E-state index is 6.33. The Balaban J connectivity index is 0.00000144. The van der Waals surface area contributed by atoms with Gasteiger partial charge in [0.05, 0.1) is 0 Å². The van der Waals surface area contributed by atoms with Gasteiger partial charge in [0.2, 0.25) is 0 Å². The molecule has 0 aromatic heterocycles. The summed E-state index contributed by atoms with van der Waals surface area (Å²) in [6.45, 7) is 2.03. The maximum Gasteiger partial charge on any atom is 0.0438 e. The summed E-state index contributed by atoms with van der Waals surface area (Å²) in [4.78, 5) is 0. The zero-order chi connectivity index (χ0) is 11.5. The number of rotatable bonds is 2. The first kappa shape index (κ1) is 14.8. The second kappa shape index (κ2) is 6.63. The van der Waals surface area contributed by atoms with E-state index in [9.17, 15) is 0 Å². The van der Waals surface area contributed by atoms with Gasteiger partial charge in [0.15, 0.2) is 0 Å². The zero-order valence-corrected chi connectivity index (χ0v) is 11.9. The lowest BCUT2D eigenvalue weighted by Gasteiger charge is -2.28. The summed E-state index contributed by atoms with van der Waals surface area (Å²) >= 11 is 6.14. The van der Waals surface area contributed by atoms with Crippen LogP contribution in [0.2, 0.25) is 5.02 Å². The van der Waals surface area contributed by atoms with Gasteiger partial charge in [0.25, 0.3) is 0 Å². The Morgan fingerprint density at radius 3 is 2.47 bits per heavy atom. The molecule has 1 aromatic rings. The lowest BCUT2D eigenvalue weighted by molar-refractivity contribution is 0.308. The van der Waals surface area contributed by atoms with Crippen LogP contribution in [0.15, 0.2) is 18.2 Å². The van der Waals surface area contributed by atoms with E-state index in [2.05, 4.69) is 12.1 Å². The Morgan fingerprint density at radius 2 is 1.88 bits per heavy atom. The van der Waals surface area contributed by atoms with Gasteiger partial charge in [-0.25, -0.2) is 0 Å². The van der Waals surface area contributed by atoms with Gasteiger partial charge in [-0.2, -0.15) is 0 Å². The van der Waals surface area contributed by atoms with Crippen LogP contribution in [0, 0.1) is 12.8 Å². The minimum Gasteiger partial charge on any atom is -0.324 e. The molecule has 2 rings (SSSR count). The molecule has 0 heterocycles. The van der Waals surface area contributed by atoms with Crippen molar-refractivity contribution in [1.29, 1.82) is 0 Å². The minimum absolute atomic E-state index is 0. The van der Waals surface area contributed by atoms with Crippen molar-refractivity contribution in [1.82, 2.24) is 0 Å². The molecule has 1 nitrogen and oxygen atoms in total. The van der Waals surface area contributed by atoms with Crippen LogP contribution in [0.4, 0.5) is 0 Å². The fourth-order valence-electron chi connectivity index (χ4n) is 2.58. The van der Waals surface area contributed by atoms with Crippen LogP contribution in [0.25, 0.3) is 0 Å². The smallest absolute Gasteiger partial charge is 0.0438 e. The molecule has 1 aliphatic rings. The molecule has 0 amide bonds. The van der Waals surface area contributed by atoms with E-state index in [4.69, 9.17) is 17.3 Å². The third-order valence-corrected chi connectivity index (χ3v) is 4.15. The molecule has 17 heavy (non-hydrogen) atoms. The maximum absolute atomic E-state index is 6.33. The van der Waals surface area contributed by atoms with E-state index in [0.717, 1.165) is 10.6 Å². The molecule has 2 N–H and O–H groups in total. The first-order chi connectivity index (χ1) is 7.68. The molecule has 0 spiro atoms. The molecule has 0 bridgehead atoms. The van der Waals surface area contributed by atoms with E-state index in [-0.39, 0.29) is 18.4 Å². The summed E-state index contributed by atoms with van der Waals surface area (Å²) in [5, 5.41) is 0.837. The molecule has 1 aliphatic carbocycles. The van der Waals surface area contributed by atoms with Crippen LogP contribution < -0.4 is 5.73 Å². The topological polar surface area (TPSA) is 26.0 Å². The Hall–Kier alpha value is -0.240. The van der Waals surface area contributed by atoms with Gasteiger partial charge < -0.3 is 5.73 Å². The number of nitrogens with two attached hydrogens (primary N) is 1. The molecular formula is C14H21Cl2N. The van der Waals surface area contributed by atoms with Crippen molar-refractivity contribution in [2.75, 3.05) is 0 Å². The van der Waals surface area contributed by atoms with Crippen molar-refractivity contribution in [3.8, 4) is 0 Å². The van der Waals surface area contributed by atoms with Gasteiger partial charge in [-0.05, 0) is 42.9 Å². The van der Waals surface area contributed by atoms with Crippen LogP contribution in [0.5, 0.6) is 0 Å². The quantitative estimate of drug-likeness (QED) is 0.834. The van der Waals surface area contributed by atoms with E-state index in [1.165, 1.54) is 37.7 Å². The Bertz CT molecular complexity index is 359. The molecule has 0 aliphatic heterocycles. The summed E-state index contributed by atoms with van der Waals surface area (Å²) in [5.74, 6) is 0.646. The monoisotopic (exact) mass is 273 g/mol. The van der Waals surface area contributed by atoms with Crippen LogP contribution in [-0.4, -0.2) is 0 Å². The average Bonchev–Trinajstić information content (AvgIpc) is 2.33. The van der Waals surface area contributed by atoms with Crippen LogP contribution >= 0.6 is 24.0 Å². The molecule has 1 aromatic carbocycles. The average molecular weight is 274 g/mol. The third-order valence-electron chi connectivity index (χ3n) is 3.74. The van der Waals surface area contributed by atoms with Gasteiger partial charge in [-0.1, -0.05) is 43.0 Å². The highest BCUT2D eigenvalue weighted by atomic mass is 35.5. The summed E-state index contributed by atoms with van der Waals surface area (Å²) in [6.07, 6.45) is 6.58. The number of hydrogen-bond donors (Lipinski definition) is 1. The highest BCUT2D eigenvalue weighted by Crippen LogP contribution is 2.33. The second-order valence-electron chi connectivity index (χ2n) is 4.93. The standard InChI is InChI=1S/C14H20ClN.ClH/c1-10-7-8-12(9-13(10)15)14(16)11-5-3-2-4-6-11;/h7-9,11,14H,2-6,16H2,1H3;1H/t14-;/m0./s1. The van der Waals surface area contributed by atoms with Crippen molar-refractivity contribution in [2.24, 2.45) is 11.7 Å². The fraction of sp³-hybridized carbons (Fsp3) is 0.571. The molecule has 96 valence electrons. The SMILES string of the molecule is Cc1ccc([C@@H](N)C2CCCCC2)cc1Cl.Cl. The molecule has 0 saturated heterocycles. The summed E-state index contributed by atoms with van der Waals surface area (Å²) < 4.78 is 0.